The topological polar surface area (TPSA) is 37.3 Å². The molecule has 0 saturated heterocycles. The van der Waals surface area contributed by atoms with Gasteiger partial charge in [0.2, 0.25) is 0 Å². The minimum absolute atomic E-state index is 0.0451. The van der Waals surface area contributed by atoms with Crippen LogP contribution in [0.25, 0.3) is 0 Å². The third kappa shape index (κ3) is 2.77. The first-order chi connectivity index (χ1) is 9.11. The van der Waals surface area contributed by atoms with Crippen LogP contribution in [0.15, 0.2) is 66.7 Å². The lowest BCUT2D eigenvalue weighted by atomic mass is 9.95. The maximum atomic E-state index is 13.6. The lowest BCUT2D eigenvalue weighted by Crippen LogP contribution is -2.12. The summed E-state index contributed by atoms with van der Waals surface area (Å²) in [6.45, 7) is 3.58. The smallest absolute Gasteiger partial charge is 0.191 e. The van der Waals surface area contributed by atoms with E-state index in [1.54, 1.807) is 36.4 Å². The molecule has 0 aliphatic rings. The number of Topliss-reactive ketones (excluding diaryl/α,β-unsaturated/α-hetero) is 1. The Morgan fingerprint density at radius 3 is 2.26 bits per heavy atom. The average Bonchev–Trinajstić information content (AvgIpc) is 2.46. The number of benzene rings is 2. The summed E-state index contributed by atoms with van der Waals surface area (Å²) < 4.78 is 13.6. The lowest BCUT2D eigenvalue weighted by molar-refractivity contribution is 0.0986. The average molecular weight is 256 g/mol. The van der Waals surface area contributed by atoms with Gasteiger partial charge in [-0.3, -0.25) is 4.79 Å². The molecule has 0 heterocycles. The van der Waals surface area contributed by atoms with Crippen LogP contribution in [0.5, 0.6) is 0 Å². The molecule has 2 nitrogen and oxygen atoms in total. The van der Waals surface area contributed by atoms with Crippen molar-refractivity contribution in [3.05, 3.63) is 83.7 Å². The largest absolute Gasteiger partial charge is 0.383 e. The molecule has 0 aliphatic carbocycles. The molecular weight excluding hydrogens is 243 g/mol. The SMILES string of the molecule is C=C(C(=O)c1ccccc1)C(O)c1ccccc1F. The molecule has 0 amide bonds. The maximum Gasteiger partial charge on any atom is 0.191 e. The van der Waals surface area contributed by atoms with Crippen LogP contribution in [0.3, 0.4) is 0 Å². The van der Waals surface area contributed by atoms with E-state index in [0.717, 1.165) is 0 Å². The number of carbonyl (C=O) groups excluding carboxylic acids is 1. The van der Waals surface area contributed by atoms with Gasteiger partial charge in [0.25, 0.3) is 0 Å². The Bertz CT molecular complexity index is 605. The van der Waals surface area contributed by atoms with E-state index in [9.17, 15) is 14.3 Å². The second kappa shape index (κ2) is 5.59. The zero-order valence-corrected chi connectivity index (χ0v) is 10.2. The number of hydrogen-bond acceptors (Lipinski definition) is 2. The summed E-state index contributed by atoms with van der Waals surface area (Å²) in [5.74, 6) is -0.951. The van der Waals surface area contributed by atoms with Crippen molar-refractivity contribution in [3.8, 4) is 0 Å². The number of aliphatic hydroxyl groups is 1. The van der Waals surface area contributed by atoms with Gasteiger partial charge in [-0.25, -0.2) is 4.39 Å². The summed E-state index contributed by atoms with van der Waals surface area (Å²) in [6.07, 6.45) is -1.34. The van der Waals surface area contributed by atoms with Crippen molar-refractivity contribution in [2.75, 3.05) is 0 Å². The first-order valence-corrected chi connectivity index (χ1v) is 5.82. The second-order valence-electron chi connectivity index (χ2n) is 4.14. The molecular formula is C16H13FO2. The van der Waals surface area contributed by atoms with Crippen LogP contribution in [0.2, 0.25) is 0 Å². The Morgan fingerprint density at radius 1 is 1.05 bits per heavy atom. The van der Waals surface area contributed by atoms with E-state index in [-0.39, 0.29) is 11.1 Å². The molecule has 0 saturated carbocycles. The van der Waals surface area contributed by atoms with E-state index >= 15 is 0 Å². The molecule has 1 atom stereocenters. The van der Waals surface area contributed by atoms with Crippen LogP contribution < -0.4 is 0 Å². The lowest BCUT2D eigenvalue weighted by Gasteiger charge is -2.14. The molecule has 0 spiro atoms. The van der Waals surface area contributed by atoms with Crippen molar-refractivity contribution >= 4 is 5.78 Å². The van der Waals surface area contributed by atoms with Crippen molar-refractivity contribution < 1.29 is 14.3 Å². The Hall–Kier alpha value is -2.26. The number of carbonyl (C=O) groups is 1. The van der Waals surface area contributed by atoms with E-state index in [1.165, 1.54) is 18.2 Å². The zero-order chi connectivity index (χ0) is 13.8. The summed E-state index contributed by atoms with van der Waals surface area (Å²) in [4.78, 5) is 12.1. The number of rotatable bonds is 4. The Kier molecular flexibility index (Phi) is 3.88. The van der Waals surface area contributed by atoms with Gasteiger partial charge in [0, 0.05) is 16.7 Å². The van der Waals surface area contributed by atoms with Crippen molar-refractivity contribution in [2.45, 2.75) is 6.10 Å². The summed E-state index contributed by atoms with van der Waals surface area (Å²) in [5, 5.41) is 10.0. The van der Waals surface area contributed by atoms with Gasteiger partial charge in [0.1, 0.15) is 11.9 Å². The van der Waals surface area contributed by atoms with E-state index < -0.39 is 17.7 Å². The van der Waals surface area contributed by atoms with Crippen LogP contribution in [-0.4, -0.2) is 10.9 Å². The highest BCUT2D eigenvalue weighted by Gasteiger charge is 2.21. The van der Waals surface area contributed by atoms with E-state index in [4.69, 9.17) is 0 Å². The quantitative estimate of drug-likeness (QED) is 0.673. The van der Waals surface area contributed by atoms with Crippen molar-refractivity contribution in [2.24, 2.45) is 0 Å². The monoisotopic (exact) mass is 256 g/mol. The molecule has 0 radical (unpaired) electrons. The van der Waals surface area contributed by atoms with Gasteiger partial charge in [-0.05, 0) is 6.07 Å². The Morgan fingerprint density at radius 2 is 1.63 bits per heavy atom. The minimum Gasteiger partial charge on any atom is -0.383 e. The number of halogens is 1. The molecule has 1 N–H and O–H groups in total. The van der Waals surface area contributed by atoms with Crippen molar-refractivity contribution in [1.29, 1.82) is 0 Å². The highest BCUT2D eigenvalue weighted by atomic mass is 19.1. The van der Waals surface area contributed by atoms with Gasteiger partial charge in [-0.2, -0.15) is 0 Å². The van der Waals surface area contributed by atoms with Crippen LogP contribution in [0.4, 0.5) is 4.39 Å². The number of aliphatic hydroxyl groups excluding tert-OH is 1. The normalized spacial score (nSPS) is 11.9. The predicted octanol–water partition coefficient (Wildman–Crippen LogP) is 3.30. The Labute approximate surface area is 110 Å². The van der Waals surface area contributed by atoms with Gasteiger partial charge < -0.3 is 5.11 Å². The molecule has 3 heteroatoms. The summed E-state index contributed by atoms with van der Waals surface area (Å²) in [6, 6.07) is 14.3. The molecule has 1 unspecified atom stereocenters. The van der Waals surface area contributed by atoms with Crippen LogP contribution >= 0.6 is 0 Å². The van der Waals surface area contributed by atoms with Gasteiger partial charge in [0.05, 0.1) is 0 Å². The third-order valence-corrected chi connectivity index (χ3v) is 2.86. The predicted molar refractivity (Wildman–Crippen MR) is 71.3 cm³/mol. The van der Waals surface area contributed by atoms with E-state index in [2.05, 4.69) is 6.58 Å². The maximum absolute atomic E-state index is 13.6. The molecule has 96 valence electrons. The highest BCUT2D eigenvalue weighted by Crippen LogP contribution is 2.25. The van der Waals surface area contributed by atoms with Crippen molar-refractivity contribution in [1.82, 2.24) is 0 Å². The third-order valence-electron chi connectivity index (χ3n) is 2.86. The van der Waals surface area contributed by atoms with Gasteiger partial charge in [-0.1, -0.05) is 55.1 Å². The molecule has 19 heavy (non-hydrogen) atoms. The molecule has 0 fully saturated rings. The Balaban J connectivity index is 2.26. The van der Waals surface area contributed by atoms with E-state index in [1.807, 2.05) is 0 Å². The fourth-order valence-corrected chi connectivity index (χ4v) is 1.78. The molecule has 0 aromatic heterocycles. The fraction of sp³-hybridized carbons (Fsp3) is 0.0625. The standard InChI is InChI=1S/C16H13FO2/c1-11(15(18)12-7-3-2-4-8-12)16(19)13-9-5-6-10-14(13)17/h2-10,16,19H,1H2. The van der Waals surface area contributed by atoms with Crippen LogP contribution in [0.1, 0.15) is 22.0 Å². The number of ketones is 1. The zero-order valence-electron chi connectivity index (χ0n) is 10.2. The van der Waals surface area contributed by atoms with Gasteiger partial charge >= 0.3 is 0 Å². The first-order valence-electron chi connectivity index (χ1n) is 5.82. The highest BCUT2D eigenvalue weighted by molar-refractivity contribution is 6.08. The molecule has 2 aromatic rings. The first kappa shape index (κ1) is 13.2. The van der Waals surface area contributed by atoms with E-state index in [0.29, 0.717) is 5.56 Å². The molecule has 2 aromatic carbocycles. The molecule has 0 bridgehead atoms. The summed E-state index contributed by atoms with van der Waals surface area (Å²) >= 11 is 0. The van der Waals surface area contributed by atoms with Gasteiger partial charge in [0.15, 0.2) is 5.78 Å². The summed E-state index contributed by atoms with van der Waals surface area (Å²) in [5.41, 5.74) is 0.427. The molecule has 2 rings (SSSR count). The van der Waals surface area contributed by atoms with Crippen LogP contribution in [-0.2, 0) is 0 Å². The van der Waals surface area contributed by atoms with Gasteiger partial charge in [-0.15, -0.1) is 0 Å². The fourth-order valence-electron chi connectivity index (χ4n) is 1.78. The second-order valence-corrected chi connectivity index (χ2v) is 4.14. The van der Waals surface area contributed by atoms with Crippen molar-refractivity contribution in [3.63, 3.8) is 0 Å². The minimum atomic E-state index is -1.34. The van der Waals surface area contributed by atoms with Crippen LogP contribution in [0, 0.1) is 5.82 Å². The molecule has 0 aliphatic heterocycles. The summed E-state index contributed by atoms with van der Waals surface area (Å²) in [7, 11) is 0. The number of hydrogen-bond donors (Lipinski definition) is 1.